The van der Waals surface area contributed by atoms with Gasteiger partial charge in [0.15, 0.2) is 0 Å². The molecule has 0 saturated carbocycles. The summed E-state index contributed by atoms with van der Waals surface area (Å²) >= 11 is 0. The highest BCUT2D eigenvalue weighted by atomic mass is 16.5. The minimum Gasteiger partial charge on any atom is -0.396 e. The first kappa shape index (κ1) is 17.7. The molecule has 2 atom stereocenters. The average Bonchev–Trinajstić information content (AvgIpc) is 2.98. The SMILES string of the molecule is CCC(CCO)CNC1CCc2cc(C=CC(=O)NO)ccc21. The second-order valence-corrected chi connectivity index (χ2v) is 6.05. The van der Waals surface area contributed by atoms with Gasteiger partial charge in [0, 0.05) is 18.7 Å². The molecule has 5 nitrogen and oxygen atoms in total. The lowest BCUT2D eigenvalue weighted by Gasteiger charge is -2.19. The van der Waals surface area contributed by atoms with E-state index in [0.717, 1.165) is 37.8 Å². The van der Waals surface area contributed by atoms with Crippen LogP contribution >= 0.6 is 0 Å². The van der Waals surface area contributed by atoms with E-state index in [2.05, 4.69) is 24.4 Å². The first-order chi connectivity index (χ1) is 11.2. The van der Waals surface area contributed by atoms with Gasteiger partial charge in [0.2, 0.25) is 0 Å². The van der Waals surface area contributed by atoms with Gasteiger partial charge in [0.1, 0.15) is 0 Å². The Kier molecular flexibility index (Phi) is 6.77. The van der Waals surface area contributed by atoms with Gasteiger partial charge < -0.3 is 10.4 Å². The van der Waals surface area contributed by atoms with Crippen molar-refractivity contribution in [3.63, 3.8) is 0 Å². The van der Waals surface area contributed by atoms with Gasteiger partial charge in [0.25, 0.3) is 5.91 Å². The monoisotopic (exact) mass is 318 g/mol. The Labute approximate surface area is 137 Å². The van der Waals surface area contributed by atoms with E-state index in [-0.39, 0.29) is 6.61 Å². The van der Waals surface area contributed by atoms with Crippen molar-refractivity contribution < 1.29 is 15.1 Å². The van der Waals surface area contributed by atoms with Crippen molar-refractivity contribution in [1.29, 1.82) is 0 Å². The van der Waals surface area contributed by atoms with Gasteiger partial charge in [-0.25, -0.2) is 5.48 Å². The van der Waals surface area contributed by atoms with Crippen LogP contribution in [0.4, 0.5) is 0 Å². The Morgan fingerprint density at radius 3 is 3.00 bits per heavy atom. The number of rotatable bonds is 8. The zero-order valence-electron chi connectivity index (χ0n) is 13.6. The van der Waals surface area contributed by atoms with Gasteiger partial charge in [-0.15, -0.1) is 0 Å². The molecule has 0 aromatic heterocycles. The number of hydrogen-bond acceptors (Lipinski definition) is 4. The maximum absolute atomic E-state index is 11.0. The maximum Gasteiger partial charge on any atom is 0.267 e. The summed E-state index contributed by atoms with van der Waals surface area (Å²) in [5.74, 6) is -0.0113. The quantitative estimate of drug-likeness (QED) is 0.336. The van der Waals surface area contributed by atoms with E-state index in [1.54, 1.807) is 11.6 Å². The van der Waals surface area contributed by atoms with Crippen LogP contribution in [0.1, 0.15) is 48.9 Å². The molecule has 0 saturated heterocycles. The molecule has 2 unspecified atom stereocenters. The van der Waals surface area contributed by atoms with Gasteiger partial charge in [-0.3, -0.25) is 10.0 Å². The molecule has 0 heterocycles. The molecule has 126 valence electrons. The molecule has 1 amide bonds. The molecular weight excluding hydrogens is 292 g/mol. The first-order valence-corrected chi connectivity index (χ1v) is 8.27. The van der Waals surface area contributed by atoms with E-state index in [1.165, 1.54) is 17.2 Å². The van der Waals surface area contributed by atoms with Crippen molar-refractivity contribution in [2.75, 3.05) is 13.2 Å². The van der Waals surface area contributed by atoms with E-state index < -0.39 is 5.91 Å². The van der Waals surface area contributed by atoms with Gasteiger partial charge >= 0.3 is 0 Å². The number of fused-ring (bicyclic) bond motifs is 1. The molecular formula is C18H26N2O3. The van der Waals surface area contributed by atoms with Crippen molar-refractivity contribution >= 4 is 12.0 Å². The summed E-state index contributed by atoms with van der Waals surface area (Å²) in [5.41, 5.74) is 5.18. The highest BCUT2D eigenvalue weighted by Gasteiger charge is 2.22. The fourth-order valence-corrected chi connectivity index (χ4v) is 3.10. The Bertz CT molecular complexity index is 557. The number of carbonyl (C=O) groups excluding carboxylic acids is 1. The van der Waals surface area contributed by atoms with Crippen LogP contribution in [0, 0.1) is 5.92 Å². The maximum atomic E-state index is 11.0. The number of amides is 1. The number of carbonyl (C=O) groups is 1. The van der Waals surface area contributed by atoms with Crippen LogP contribution in [-0.4, -0.2) is 29.4 Å². The molecule has 0 bridgehead atoms. The zero-order valence-corrected chi connectivity index (χ0v) is 13.6. The van der Waals surface area contributed by atoms with Crippen molar-refractivity contribution in [3.05, 3.63) is 41.0 Å². The van der Waals surface area contributed by atoms with Crippen molar-refractivity contribution in [2.45, 2.75) is 38.6 Å². The second-order valence-electron chi connectivity index (χ2n) is 6.05. The van der Waals surface area contributed by atoms with Gasteiger partial charge in [-0.2, -0.15) is 0 Å². The molecule has 0 radical (unpaired) electrons. The van der Waals surface area contributed by atoms with E-state index in [1.807, 2.05) is 6.07 Å². The molecule has 4 N–H and O–H groups in total. The second kappa shape index (κ2) is 8.82. The lowest BCUT2D eigenvalue weighted by Crippen LogP contribution is -2.26. The molecule has 1 aliphatic carbocycles. The number of aryl methyl sites for hydroxylation is 1. The number of nitrogens with one attached hydrogen (secondary N) is 2. The van der Waals surface area contributed by atoms with Crippen LogP contribution in [0.15, 0.2) is 24.3 Å². The average molecular weight is 318 g/mol. The lowest BCUT2D eigenvalue weighted by molar-refractivity contribution is -0.124. The van der Waals surface area contributed by atoms with Gasteiger partial charge in [-0.05, 0) is 54.5 Å². The van der Waals surface area contributed by atoms with Crippen LogP contribution in [-0.2, 0) is 11.2 Å². The summed E-state index contributed by atoms with van der Waals surface area (Å²) in [5, 5.41) is 21.2. The van der Waals surface area contributed by atoms with Crippen LogP contribution in [0.25, 0.3) is 6.08 Å². The highest BCUT2D eigenvalue weighted by Crippen LogP contribution is 2.32. The highest BCUT2D eigenvalue weighted by molar-refractivity contribution is 5.90. The molecule has 1 aliphatic rings. The predicted molar refractivity (Wildman–Crippen MR) is 90.0 cm³/mol. The summed E-state index contributed by atoms with van der Waals surface area (Å²) in [6.45, 7) is 3.34. The minimum atomic E-state index is -0.528. The summed E-state index contributed by atoms with van der Waals surface area (Å²) in [6.07, 6.45) is 7.03. The van der Waals surface area contributed by atoms with E-state index >= 15 is 0 Å². The molecule has 0 spiro atoms. The smallest absolute Gasteiger partial charge is 0.267 e. The molecule has 0 aliphatic heterocycles. The van der Waals surface area contributed by atoms with Gasteiger partial charge in [0.05, 0.1) is 0 Å². The normalized spacial score (nSPS) is 18.1. The van der Waals surface area contributed by atoms with Crippen LogP contribution in [0.5, 0.6) is 0 Å². The fourth-order valence-electron chi connectivity index (χ4n) is 3.10. The van der Waals surface area contributed by atoms with E-state index in [9.17, 15) is 4.79 Å². The third-order valence-electron chi connectivity index (χ3n) is 4.55. The first-order valence-electron chi connectivity index (χ1n) is 8.27. The van der Waals surface area contributed by atoms with Crippen LogP contribution in [0.2, 0.25) is 0 Å². The largest absolute Gasteiger partial charge is 0.396 e. The minimum absolute atomic E-state index is 0.249. The standard InChI is InChI=1S/C18H26N2O3/c1-2-13(9-10-21)12-19-17-7-5-15-11-14(3-6-16(15)17)4-8-18(22)20-23/h3-4,6,8,11,13,17,19,21,23H,2,5,7,9-10,12H2,1H3,(H,20,22). The lowest BCUT2D eigenvalue weighted by atomic mass is 10.0. The van der Waals surface area contributed by atoms with Crippen molar-refractivity contribution in [1.82, 2.24) is 10.8 Å². The van der Waals surface area contributed by atoms with Crippen molar-refractivity contribution in [2.24, 2.45) is 5.92 Å². The molecule has 0 fully saturated rings. The predicted octanol–water partition coefficient (Wildman–Crippen LogP) is 2.19. The number of aliphatic hydroxyl groups excluding tert-OH is 1. The van der Waals surface area contributed by atoms with Crippen molar-refractivity contribution in [3.8, 4) is 0 Å². The molecule has 2 rings (SSSR count). The van der Waals surface area contributed by atoms with Crippen LogP contribution < -0.4 is 10.8 Å². The summed E-state index contributed by atoms with van der Waals surface area (Å²) in [4.78, 5) is 11.0. The third kappa shape index (κ3) is 4.89. The number of benzene rings is 1. The Balaban J connectivity index is 1.98. The number of hydroxylamine groups is 1. The Morgan fingerprint density at radius 1 is 1.48 bits per heavy atom. The molecule has 23 heavy (non-hydrogen) atoms. The molecule has 1 aromatic carbocycles. The number of hydrogen-bond donors (Lipinski definition) is 4. The number of aliphatic hydroxyl groups is 1. The topological polar surface area (TPSA) is 81.6 Å². The third-order valence-corrected chi connectivity index (χ3v) is 4.55. The Hall–Kier alpha value is -1.69. The van der Waals surface area contributed by atoms with Crippen LogP contribution in [0.3, 0.4) is 0 Å². The molecule has 1 aromatic rings. The van der Waals surface area contributed by atoms with E-state index in [4.69, 9.17) is 10.3 Å². The Morgan fingerprint density at radius 2 is 2.30 bits per heavy atom. The van der Waals surface area contributed by atoms with E-state index in [0.29, 0.717) is 12.0 Å². The summed E-state index contributed by atoms with van der Waals surface area (Å²) < 4.78 is 0. The molecule has 5 heteroatoms. The zero-order chi connectivity index (χ0) is 16.7. The summed E-state index contributed by atoms with van der Waals surface area (Å²) in [7, 11) is 0. The summed E-state index contributed by atoms with van der Waals surface area (Å²) in [6, 6.07) is 6.58. The fraction of sp³-hybridized carbons (Fsp3) is 0.500. The van der Waals surface area contributed by atoms with Gasteiger partial charge in [-0.1, -0.05) is 31.5 Å².